The molecular formula is C15H21NO2. The van der Waals surface area contributed by atoms with Crippen molar-refractivity contribution < 1.29 is 9.90 Å². The van der Waals surface area contributed by atoms with E-state index < -0.39 is 5.97 Å². The van der Waals surface area contributed by atoms with E-state index in [0.29, 0.717) is 6.42 Å². The lowest BCUT2D eigenvalue weighted by molar-refractivity contribution is -0.137. The highest BCUT2D eigenvalue weighted by atomic mass is 16.4. The number of aryl methyl sites for hydroxylation is 2. The zero-order chi connectivity index (χ0) is 13.1. The summed E-state index contributed by atoms with van der Waals surface area (Å²) >= 11 is 0. The summed E-state index contributed by atoms with van der Waals surface area (Å²) in [4.78, 5) is 12.8. The van der Waals surface area contributed by atoms with Gasteiger partial charge < -0.3 is 10.0 Å². The maximum Gasteiger partial charge on any atom is 0.303 e. The third kappa shape index (κ3) is 2.91. The molecule has 18 heavy (non-hydrogen) atoms. The molecule has 0 bridgehead atoms. The van der Waals surface area contributed by atoms with Crippen LogP contribution in [0.4, 0.5) is 0 Å². The van der Waals surface area contributed by atoms with Gasteiger partial charge in [0, 0.05) is 12.5 Å². The molecule has 0 saturated carbocycles. The largest absolute Gasteiger partial charge is 0.481 e. The number of benzene rings is 1. The number of aliphatic carboxylic acids is 1. The first-order valence-corrected chi connectivity index (χ1v) is 6.58. The van der Waals surface area contributed by atoms with Crippen LogP contribution in [0.15, 0.2) is 18.2 Å². The fourth-order valence-corrected chi connectivity index (χ4v) is 2.78. The zero-order valence-corrected chi connectivity index (χ0v) is 11.1. The molecule has 1 aromatic carbocycles. The standard InChI is InChI=1S/C15H21NO2/c1-16(2)14(8-9-15(17)18)13-7-6-11-4-3-5-12(11)10-13/h6-7,10,14H,3-5,8-9H2,1-2H3,(H,17,18). The molecule has 0 heterocycles. The van der Waals surface area contributed by atoms with E-state index in [1.165, 1.54) is 36.0 Å². The smallest absolute Gasteiger partial charge is 0.303 e. The minimum Gasteiger partial charge on any atom is -0.481 e. The van der Waals surface area contributed by atoms with Gasteiger partial charge in [0.05, 0.1) is 0 Å². The highest BCUT2D eigenvalue weighted by Crippen LogP contribution is 2.29. The van der Waals surface area contributed by atoms with Gasteiger partial charge in [0.15, 0.2) is 0 Å². The molecule has 0 fully saturated rings. The van der Waals surface area contributed by atoms with Crippen LogP contribution in [-0.4, -0.2) is 30.1 Å². The first kappa shape index (κ1) is 13.1. The Morgan fingerprint density at radius 1 is 1.33 bits per heavy atom. The minimum absolute atomic E-state index is 0.201. The molecule has 0 saturated heterocycles. The molecule has 1 N–H and O–H groups in total. The number of carbonyl (C=O) groups is 1. The van der Waals surface area contributed by atoms with Crippen LogP contribution in [0.2, 0.25) is 0 Å². The third-order valence-corrected chi connectivity index (χ3v) is 3.76. The molecule has 0 aromatic heterocycles. The monoisotopic (exact) mass is 247 g/mol. The van der Waals surface area contributed by atoms with Gasteiger partial charge in [0.2, 0.25) is 0 Å². The van der Waals surface area contributed by atoms with Gasteiger partial charge in [-0.2, -0.15) is 0 Å². The molecule has 0 amide bonds. The zero-order valence-electron chi connectivity index (χ0n) is 11.1. The third-order valence-electron chi connectivity index (χ3n) is 3.76. The normalized spacial score (nSPS) is 15.7. The van der Waals surface area contributed by atoms with Gasteiger partial charge in [-0.25, -0.2) is 0 Å². The van der Waals surface area contributed by atoms with Crippen molar-refractivity contribution in [3.63, 3.8) is 0 Å². The molecular weight excluding hydrogens is 226 g/mol. The number of nitrogens with zero attached hydrogens (tertiary/aromatic N) is 1. The molecule has 1 unspecified atom stereocenters. The van der Waals surface area contributed by atoms with E-state index in [4.69, 9.17) is 5.11 Å². The summed E-state index contributed by atoms with van der Waals surface area (Å²) in [6.07, 6.45) is 4.50. The molecule has 2 rings (SSSR count). The van der Waals surface area contributed by atoms with Gasteiger partial charge in [-0.15, -0.1) is 0 Å². The van der Waals surface area contributed by atoms with Gasteiger partial charge in [0.1, 0.15) is 0 Å². The Kier molecular flexibility index (Phi) is 4.02. The predicted octanol–water partition coefficient (Wildman–Crippen LogP) is 2.64. The summed E-state index contributed by atoms with van der Waals surface area (Å²) in [5.41, 5.74) is 4.17. The maximum absolute atomic E-state index is 10.7. The Bertz CT molecular complexity index is 440. The summed E-state index contributed by atoms with van der Waals surface area (Å²) in [6, 6.07) is 6.85. The molecule has 0 spiro atoms. The van der Waals surface area contributed by atoms with Gasteiger partial charge in [-0.1, -0.05) is 18.2 Å². The topological polar surface area (TPSA) is 40.5 Å². The van der Waals surface area contributed by atoms with Crippen LogP contribution in [-0.2, 0) is 17.6 Å². The molecule has 0 radical (unpaired) electrons. The number of carboxylic acids is 1. The summed E-state index contributed by atoms with van der Waals surface area (Å²) in [5.74, 6) is -0.719. The molecule has 3 heteroatoms. The number of rotatable bonds is 5. The van der Waals surface area contributed by atoms with E-state index in [2.05, 4.69) is 23.1 Å². The molecule has 0 aliphatic heterocycles. The SMILES string of the molecule is CN(C)C(CCC(=O)O)c1ccc2c(c1)CCC2. The predicted molar refractivity (Wildman–Crippen MR) is 71.8 cm³/mol. The number of carboxylic acid groups (broad SMARTS) is 1. The lowest BCUT2D eigenvalue weighted by Gasteiger charge is -2.24. The Hall–Kier alpha value is -1.35. The summed E-state index contributed by atoms with van der Waals surface area (Å²) < 4.78 is 0. The average molecular weight is 247 g/mol. The summed E-state index contributed by atoms with van der Waals surface area (Å²) in [5, 5.41) is 8.83. The van der Waals surface area contributed by atoms with Gasteiger partial charge in [-0.05, 0) is 56.5 Å². The van der Waals surface area contributed by atoms with Crippen LogP contribution >= 0.6 is 0 Å². The van der Waals surface area contributed by atoms with Crippen molar-refractivity contribution in [2.24, 2.45) is 0 Å². The minimum atomic E-state index is -0.719. The highest BCUT2D eigenvalue weighted by Gasteiger charge is 2.18. The van der Waals surface area contributed by atoms with Crippen molar-refractivity contribution in [1.82, 2.24) is 4.90 Å². The van der Waals surface area contributed by atoms with Crippen LogP contribution in [0.1, 0.15) is 42.0 Å². The maximum atomic E-state index is 10.7. The van der Waals surface area contributed by atoms with Crippen LogP contribution in [0.3, 0.4) is 0 Å². The summed E-state index contributed by atoms with van der Waals surface area (Å²) in [7, 11) is 4.03. The van der Waals surface area contributed by atoms with E-state index in [9.17, 15) is 4.79 Å². The molecule has 1 aliphatic rings. The molecule has 1 aromatic rings. The molecule has 98 valence electrons. The van der Waals surface area contributed by atoms with Crippen LogP contribution < -0.4 is 0 Å². The number of hydrogen-bond donors (Lipinski definition) is 1. The number of fused-ring (bicyclic) bond motifs is 1. The number of hydrogen-bond acceptors (Lipinski definition) is 2. The molecule has 3 nitrogen and oxygen atoms in total. The second-order valence-corrected chi connectivity index (χ2v) is 5.29. The van der Waals surface area contributed by atoms with Crippen molar-refractivity contribution in [2.75, 3.05) is 14.1 Å². The first-order valence-electron chi connectivity index (χ1n) is 6.58. The second-order valence-electron chi connectivity index (χ2n) is 5.29. The van der Waals surface area contributed by atoms with E-state index in [1.807, 2.05) is 14.1 Å². The van der Waals surface area contributed by atoms with E-state index in [0.717, 1.165) is 0 Å². The highest BCUT2D eigenvalue weighted by molar-refractivity contribution is 5.66. The second kappa shape index (κ2) is 5.53. The lowest BCUT2D eigenvalue weighted by atomic mass is 9.97. The van der Waals surface area contributed by atoms with Gasteiger partial charge in [-0.3, -0.25) is 4.79 Å². The Balaban J connectivity index is 2.17. The Morgan fingerprint density at radius 2 is 2.06 bits per heavy atom. The van der Waals surface area contributed by atoms with E-state index in [1.54, 1.807) is 0 Å². The van der Waals surface area contributed by atoms with Crippen molar-refractivity contribution in [2.45, 2.75) is 38.1 Å². The van der Waals surface area contributed by atoms with E-state index in [-0.39, 0.29) is 12.5 Å². The lowest BCUT2D eigenvalue weighted by Crippen LogP contribution is -2.21. The first-order chi connectivity index (χ1) is 8.58. The fraction of sp³-hybridized carbons (Fsp3) is 0.533. The van der Waals surface area contributed by atoms with Gasteiger partial charge >= 0.3 is 5.97 Å². The van der Waals surface area contributed by atoms with E-state index >= 15 is 0 Å². The molecule has 1 atom stereocenters. The van der Waals surface area contributed by atoms with Crippen LogP contribution in [0.5, 0.6) is 0 Å². The van der Waals surface area contributed by atoms with Crippen molar-refractivity contribution in [3.05, 3.63) is 34.9 Å². The molecule has 1 aliphatic carbocycles. The quantitative estimate of drug-likeness (QED) is 0.869. The van der Waals surface area contributed by atoms with Crippen molar-refractivity contribution in [3.8, 4) is 0 Å². The van der Waals surface area contributed by atoms with Crippen molar-refractivity contribution >= 4 is 5.97 Å². The van der Waals surface area contributed by atoms with Crippen molar-refractivity contribution in [1.29, 1.82) is 0 Å². The Morgan fingerprint density at radius 3 is 2.72 bits per heavy atom. The fourth-order valence-electron chi connectivity index (χ4n) is 2.78. The van der Waals surface area contributed by atoms with Crippen LogP contribution in [0, 0.1) is 0 Å². The van der Waals surface area contributed by atoms with Gasteiger partial charge in [0.25, 0.3) is 0 Å². The van der Waals surface area contributed by atoms with Crippen LogP contribution in [0.25, 0.3) is 0 Å². The Labute approximate surface area is 108 Å². The summed E-state index contributed by atoms with van der Waals surface area (Å²) in [6.45, 7) is 0. The average Bonchev–Trinajstić information content (AvgIpc) is 2.75.